The molecule has 2 rings (SSSR count). The molecule has 0 amide bonds. The van der Waals surface area contributed by atoms with E-state index in [1.54, 1.807) is 18.2 Å². The van der Waals surface area contributed by atoms with Gasteiger partial charge in [0.05, 0.1) is 17.4 Å². The molecular weight excluding hydrogens is 318 g/mol. The van der Waals surface area contributed by atoms with E-state index in [0.29, 0.717) is 22.1 Å². The fraction of sp³-hybridized carbons (Fsp3) is 0. The Labute approximate surface area is 117 Å². The maximum absolute atomic E-state index is 9.02. The normalized spacial score (nSPS) is 9.83. The Bertz CT molecular complexity index is 638. The van der Waals surface area contributed by atoms with Crippen molar-refractivity contribution in [3.05, 3.63) is 39.5 Å². The Morgan fingerprint density at radius 1 is 1.44 bits per heavy atom. The van der Waals surface area contributed by atoms with Crippen LogP contribution in [0.1, 0.15) is 5.56 Å². The summed E-state index contributed by atoms with van der Waals surface area (Å²) in [5.74, 6) is 0.467. The molecule has 0 radical (unpaired) electrons. The number of nitrogens with zero attached hydrogens (tertiary/aromatic N) is 3. The monoisotopic (exact) mass is 323 g/mol. The highest BCUT2D eigenvalue weighted by Gasteiger charge is 2.08. The van der Waals surface area contributed by atoms with Crippen molar-refractivity contribution < 1.29 is 0 Å². The molecule has 1 aromatic carbocycles. The number of halogens is 2. The smallest absolute Gasteiger partial charge is 0.222 e. The molecule has 1 aromatic heterocycles. The van der Waals surface area contributed by atoms with Crippen LogP contribution in [0.5, 0.6) is 0 Å². The van der Waals surface area contributed by atoms with E-state index >= 15 is 0 Å². The van der Waals surface area contributed by atoms with E-state index in [1.807, 2.05) is 0 Å². The van der Waals surface area contributed by atoms with Gasteiger partial charge in [0.25, 0.3) is 0 Å². The van der Waals surface area contributed by atoms with Crippen LogP contribution in [0.25, 0.3) is 0 Å². The molecule has 0 spiro atoms. The van der Waals surface area contributed by atoms with Crippen molar-refractivity contribution in [1.29, 1.82) is 5.26 Å². The first-order valence-corrected chi connectivity index (χ1v) is 6.02. The number of hydrogen-bond acceptors (Lipinski definition) is 5. The Morgan fingerprint density at radius 2 is 2.22 bits per heavy atom. The van der Waals surface area contributed by atoms with Gasteiger partial charge in [-0.1, -0.05) is 27.5 Å². The predicted octanol–water partition coefficient (Wildman–Crippen LogP) is 3.09. The number of nitriles is 1. The molecule has 0 bridgehead atoms. The van der Waals surface area contributed by atoms with E-state index in [-0.39, 0.29) is 5.95 Å². The number of rotatable bonds is 2. The lowest BCUT2D eigenvalue weighted by Gasteiger charge is -2.09. The molecule has 90 valence electrons. The lowest BCUT2D eigenvalue weighted by Crippen LogP contribution is -2.01. The van der Waals surface area contributed by atoms with Gasteiger partial charge in [-0.3, -0.25) is 0 Å². The summed E-state index contributed by atoms with van der Waals surface area (Å²) in [4.78, 5) is 7.73. The molecular formula is C11H7BrClN5. The Morgan fingerprint density at radius 3 is 2.94 bits per heavy atom. The second-order valence-electron chi connectivity index (χ2n) is 3.35. The maximum Gasteiger partial charge on any atom is 0.222 e. The van der Waals surface area contributed by atoms with Gasteiger partial charge in [0.1, 0.15) is 11.1 Å². The first-order valence-electron chi connectivity index (χ1n) is 4.85. The zero-order valence-electron chi connectivity index (χ0n) is 8.98. The zero-order valence-corrected chi connectivity index (χ0v) is 11.3. The van der Waals surface area contributed by atoms with Crippen LogP contribution < -0.4 is 11.1 Å². The van der Waals surface area contributed by atoms with Crippen LogP contribution in [0.2, 0.25) is 5.02 Å². The fourth-order valence-corrected chi connectivity index (χ4v) is 1.81. The van der Waals surface area contributed by atoms with E-state index in [4.69, 9.17) is 22.6 Å². The molecule has 0 unspecified atom stereocenters. The molecule has 1 heterocycles. The molecule has 0 atom stereocenters. The van der Waals surface area contributed by atoms with Gasteiger partial charge < -0.3 is 11.1 Å². The van der Waals surface area contributed by atoms with Crippen LogP contribution in [-0.2, 0) is 0 Å². The minimum Gasteiger partial charge on any atom is -0.368 e. The van der Waals surface area contributed by atoms with Crippen molar-refractivity contribution in [2.45, 2.75) is 0 Å². The summed E-state index contributed by atoms with van der Waals surface area (Å²) in [5, 5.41) is 12.3. The average Bonchev–Trinajstić information content (AvgIpc) is 2.34. The van der Waals surface area contributed by atoms with E-state index in [1.165, 1.54) is 6.20 Å². The summed E-state index contributed by atoms with van der Waals surface area (Å²) >= 11 is 9.28. The molecule has 0 fully saturated rings. The molecule has 0 aliphatic heterocycles. The van der Waals surface area contributed by atoms with Crippen molar-refractivity contribution in [3.8, 4) is 6.07 Å². The standard InChI is InChI=1S/C11H7BrClN5/c12-7-2-1-6(4-14)9(3-7)17-10-8(13)5-16-11(15)18-10/h1-3,5H,(H3,15,16,17,18). The third-order valence-electron chi connectivity index (χ3n) is 2.12. The van der Waals surface area contributed by atoms with E-state index < -0.39 is 0 Å². The van der Waals surface area contributed by atoms with Gasteiger partial charge in [0, 0.05) is 4.47 Å². The van der Waals surface area contributed by atoms with Gasteiger partial charge in [-0.25, -0.2) is 4.98 Å². The Kier molecular flexibility index (Phi) is 3.65. The van der Waals surface area contributed by atoms with Crippen molar-refractivity contribution in [3.63, 3.8) is 0 Å². The summed E-state index contributed by atoms with van der Waals surface area (Å²) in [6.07, 6.45) is 1.40. The van der Waals surface area contributed by atoms with E-state index in [2.05, 4.69) is 37.3 Å². The number of nitrogens with two attached hydrogens (primary N) is 1. The highest BCUT2D eigenvalue weighted by molar-refractivity contribution is 9.10. The highest BCUT2D eigenvalue weighted by Crippen LogP contribution is 2.27. The minimum atomic E-state index is 0.107. The maximum atomic E-state index is 9.02. The molecule has 2 aromatic rings. The summed E-state index contributed by atoms with van der Waals surface area (Å²) in [7, 11) is 0. The number of aromatic nitrogens is 2. The Hall–Kier alpha value is -1.84. The van der Waals surface area contributed by atoms with Gasteiger partial charge in [-0.2, -0.15) is 10.2 Å². The third kappa shape index (κ3) is 2.70. The lowest BCUT2D eigenvalue weighted by atomic mass is 10.2. The second kappa shape index (κ2) is 5.21. The van der Waals surface area contributed by atoms with Gasteiger partial charge in [-0.05, 0) is 18.2 Å². The van der Waals surface area contributed by atoms with Gasteiger partial charge in [0.15, 0.2) is 5.82 Å². The number of nitrogen functional groups attached to an aromatic ring is 1. The quantitative estimate of drug-likeness (QED) is 0.886. The minimum absolute atomic E-state index is 0.107. The average molecular weight is 325 g/mol. The third-order valence-corrected chi connectivity index (χ3v) is 2.89. The number of benzene rings is 1. The first-order chi connectivity index (χ1) is 8.60. The molecule has 0 saturated carbocycles. The fourth-order valence-electron chi connectivity index (χ4n) is 1.31. The SMILES string of the molecule is N#Cc1ccc(Br)cc1Nc1nc(N)ncc1Cl. The van der Waals surface area contributed by atoms with Gasteiger partial charge in [-0.15, -0.1) is 0 Å². The second-order valence-corrected chi connectivity index (χ2v) is 4.67. The summed E-state index contributed by atoms with van der Waals surface area (Å²) in [6, 6.07) is 7.30. The van der Waals surface area contributed by atoms with Crippen molar-refractivity contribution >= 4 is 45.0 Å². The highest BCUT2D eigenvalue weighted by atomic mass is 79.9. The summed E-state index contributed by atoms with van der Waals surface area (Å²) in [6.45, 7) is 0. The topological polar surface area (TPSA) is 87.6 Å². The predicted molar refractivity (Wildman–Crippen MR) is 73.6 cm³/mol. The van der Waals surface area contributed by atoms with Crippen LogP contribution in [0.15, 0.2) is 28.9 Å². The molecule has 18 heavy (non-hydrogen) atoms. The first kappa shape index (κ1) is 12.6. The molecule has 3 N–H and O–H groups in total. The van der Waals surface area contributed by atoms with Crippen LogP contribution in [-0.4, -0.2) is 9.97 Å². The van der Waals surface area contributed by atoms with Gasteiger partial charge >= 0.3 is 0 Å². The van der Waals surface area contributed by atoms with E-state index in [9.17, 15) is 0 Å². The van der Waals surface area contributed by atoms with E-state index in [0.717, 1.165) is 4.47 Å². The molecule has 5 nitrogen and oxygen atoms in total. The molecule has 0 saturated heterocycles. The van der Waals surface area contributed by atoms with Crippen LogP contribution in [0.3, 0.4) is 0 Å². The van der Waals surface area contributed by atoms with Crippen molar-refractivity contribution in [1.82, 2.24) is 9.97 Å². The molecule has 0 aliphatic rings. The zero-order chi connectivity index (χ0) is 13.1. The van der Waals surface area contributed by atoms with Crippen LogP contribution in [0, 0.1) is 11.3 Å². The lowest BCUT2D eigenvalue weighted by molar-refractivity contribution is 1.18. The summed E-state index contributed by atoms with van der Waals surface area (Å²) in [5.41, 5.74) is 6.55. The number of anilines is 3. The summed E-state index contributed by atoms with van der Waals surface area (Å²) < 4.78 is 0.835. The van der Waals surface area contributed by atoms with Crippen molar-refractivity contribution in [2.24, 2.45) is 0 Å². The van der Waals surface area contributed by atoms with Crippen molar-refractivity contribution in [2.75, 3.05) is 11.1 Å². The largest absolute Gasteiger partial charge is 0.368 e. The van der Waals surface area contributed by atoms with Crippen LogP contribution in [0.4, 0.5) is 17.5 Å². The molecule has 7 heteroatoms. The van der Waals surface area contributed by atoms with Crippen LogP contribution >= 0.6 is 27.5 Å². The number of nitrogens with one attached hydrogen (secondary N) is 1. The Balaban J connectivity index is 2.43. The van der Waals surface area contributed by atoms with Gasteiger partial charge in [0.2, 0.25) is 5.95 Å². The number of hydrogen-bond donors (Lipinski definition) is 2. The molecule has 0 aliphatic carbocycles.